The van der Waals surface area contributed by atoms with Crippen molar-refractivity contribution < 1.29 is 4.79 Å². The van der Waals surface area contributed by atoms with Crippen LogP contribution in [0.5, 0.6) is 0 Å². The van der Waals surface area contributed by atoms with E-state index in [2.05, 4.69) is 20.7 Å². The van der Waals surface area contributed by atoms with Gasteiger partial charge in [0.2, 0.25) is 0 Å². The molecule has 3 rings (SSSR count). The van der Waals surface area contributed by atoms with E-state index in [0.29, 0.717) is 16.1 Å². The topological polar surface area (TPSA) is 70.7 Å². The quantitative estimate of drug-likeness (QED) is 0.760. The molecule has 100 valence electrons. The van der Waals surface area contributed by atoms with Crippen molar-refractivity contribution in [3.8, 4) is 0 Å². The maximum Gasteiger partial charge on any atom is 0.255 e. The van der Waals surface area contributed by atoms with E-state index >= 15 is 0 Å². The minimum atomic E-state index is -0.194. The summed E-state index contributed by atoms with van der Waals surface area (Å²) in [5, 5.41) is 13.9. The first kappa shape index (κ1) is 12.6. The van der Waals surface area contributed by atoms with Gasteiger partial charge in [0.1, 0.15) is 11.0 Å². The smallest absolute Gasteiger partial charge is 0.255 e. The molecule has 0 fully saturated rings. The van der Waals surface area contributed by atoms with Gasteiger partial charge in [-0.15, -0.1) is 0 Å². The number of aryl methyl sites for hydroxylation is 1. The lowest BCUT2D eigenvalue weighted by atomic mass is 10.1. The maximum atomic E-state index is 12.2. The fourth-order valence-corrected chi connectivity index (χ4v) is 2.17. The lowest BCUT2D eigenvalue weighted by molar-refractivity contribution is 0.102. The third kappa shape index (κ3) is 2.35. The van der Waals surface area contributed by atoms with Gasteiger partial charge in [-0.05, 0) is 48.9 Å². The molecular formula is C14H11ClN4O. The number of carbonyl (C=O) groups excluding carboxylic acids is 1. The SMILES string of the molecule is Cc1cc(Cl)ccc1NC(=O)c1ccc2n[nH]nc2c1. The first-order valence-electron chi connectivity index (χ1n) is 6.01. The predicted molar refractivity (Wildman–Crippen MR) is 78.0 cm³/mol. The van der Waals surface area contributed by atoms with Crippen LogP contribution in [0.1, 0.15) is 15.9 Å². The van der Waals surface area contributed by atoms with Crippen LogP contribution in [-0.4, -0.2) is 21.3 Å². The Kier molecular flexibility index (Phi) is 3.12. The van der Waals surface area contributed by atoms with Crippen molar-refractivity contribution in [3.63, 3.8) is 0 Å². The summed E-state index contributed by atoms with van der Waals surface area (Å²) in [7, 11) is 0. The highest BCUT2D eigenvalue weighted by molar-refractivity contribution is 6.30. The first-order chi connectivity index (χ1) is 9.63. The number of aromatic nitrogens is 3. The van der Waals surface area contributed by atoms with Crippen molar-refractivity contribution in [2.45, 2.75) is 6.92 Å². The lowest BCUT2D eigenvalue weighted by Gasteiger charge is -2.08. The van der Waals surface area contributed by atoms with Gasteiger partial charge in [0.05, 0.1) is 0 Å². The van der Waals surface area contributed by atoms with Crippen LogP contribution in [0.3, 0.4) is 0 Å². The number of rotatable bonds is 2. The molecule has 0 aliphatic carbocycles. The van der Waals surface area contributed by atoms with Crippen molar-refractivity contribution in [3.05, 3.63) is 52.5 Å². The normalized spacial score (nSPS) is 10.7. The molecule has 1 amide bonds. The zero-order valence-corrected chi connectivity index (χ0v) is 11.4. The van der Waals surface area contributed by atoms with Crippen LogP contribution in [0, 0.1) is 6.92 Å². The molecule has 2 aromatic carbocycles. The number of amides is 1. The molecule has 3 aromatic rings. The molecule has 0 spiro atoms. The van der Waals surface area contributed by atoms with Gasteiger partial charge in [0.15, 0.2) is 0 Å². The molecular weight excluding hydrogens is 276 g/mol. The summed E-state index contributed by atoms with van der Waals surface area (Å²) in [6.45, 7) is 1.89. The number of hydrogen-bond donors (Lipinski definition) is 2. The number of nitrogens with one attached hydrogen (secondary N) is 2. The molecule has 0 atom stereocenters. The highest BCUT2D eigenvalue weighted by Crippen LogP contribution is 2.20. The number of nitrogens with zero attached hydrogens (tertiary/aromatic N) is 2. The van der Waals surface area contributed by atoms with Crippen LogP contribution in [0.25, 0.3) is 11.0 Å². The third-order valence-electron chi connectivity index (χ3n) is 3.02. The minimum Gasteiger partial charge on any atom is -0.322 e. The maximum absolute atomic E-state index is 12.2. The van der Waals surface area contributed by atoms with E-state index in [1.54, 1.807) is 36.4 Å². The van der Waals surface area contributed by atoms with Crippen LogP contribution < -0.4 is 5.32 Å². The summed E-state index contributed by atoms with van der Waals surface area (Å²) in [5.41, 5.74) is 3.56. The Labute approximate surface area is 120 Å². The van der Waals surface area contributed by atoms with Crippen LogP contribution >= 0.6 is 11.6 Å². The Hall–Kier alpha value is -2.40. The van der Waals surface area contributed by atoms with Crippen molar-refractivity contribution in [1.82, 2.24) is 15.4 Å². The summed E-state index contributed by atoms with van der Waals surface area (Å²) < 4.78 is 0. The molecule has 0 radical (unpaired) electrons. The van der Waals surface area contributed by atoms with Crippen molar-refractivity contribution >= 4 is 34.2 Å². The molecule has 6 heteroatoms. The van der Waals surface area contributed by atoms with E-state index in [1.165, 1.54) is 0 Å². The molecule has 5 nitrogen and oxygen atoms in total. The fourth-order valence-electron chi connectivity index (χ4n) is 1.94. The van der Waals surface area contributed by atoms with Gasteiger partial charge in [-0.1, -0.05) is 11.6 Å². The molecule has 1 heterocycles. The van der Waals surface area contributed by atoms with E-state index in [9.17, 15) is 4.79 Å². The number of fused-ring (bicyclic) bond motifs is 1. The summed E-state index contributed by atoms with van der Waals surface area (Å²) in [6.07, 6.45) is 0. The number of hydrogen-bond acceptors (Lipinski definition) is 3. The molecule has 0 saturated carbocycles. The standard InChI is InChI=1S/C14H11ClN4O/c1-8-6-10(15)3-5-11(8)16-14(20)9-2-4-12-13(7-9)18-19-17-12/h2-7H,1H3,(H,16,20)(H,17,18,19). The zero-order valence-electron chi connectivity index (χ0n) is 10.6. The van der Waals surface area contributed by atoms with Crippen LogP contribution in [0.2, 0.25) is 5.02 Å². The summed E-state index contributed by atoms with van der Waals surface area (Å²) in [6, 6.07) is 10.5. The van der Waals surface area contributed by atoms with Gasteiger partial charge >= 0.3 is 0 Å². The van der Waals surface area contributed by atoms with E-state index in [1.807, 2.05) is 6.92 Å². The minimum absolute atomic E-state index is 0.194. The van der Waals surface area contributed by atoms with Gasteiger partial charge < -0.3 is 5.32 Å². The molecule has 0 aliphatic rings. The predicted octanol–water partition coefficient (Wildman–Crippen LogP) is 3.17. The molecule has 0 saturated heterocycles. The van der Waals surface area contributed by atoms with E-state index in [4.69, 9.17) is 11.6 Å². The number of benzene rings is 2. The Morgan fingerprint density at radius 1 is 1.15 bits per heavy atom. The van der Waals surface area contributed by atoms with Gasteiger partial charge in [-0.3, -0.25) is 4.79 Å². The summed E-state index contributed by atoms with van der Waals surface area (Å²) >= 11 is 5.89. The van der Waals surface area contributed by atoms with E-state index in [-0.39, 0.29) is 5.91 Å². The average molecular weight is 287 g/mol. The second-order valence-corrected chi connectivity index (χ2v) is 4.88. The monoisotopic (exact) mass is 286 g/mol. The number of anilines is 1. The zero-order chi connectivity index (χ0) is 14.1. The number of halogens is 1. The van der Waals surface area contributed by atoms with E-state index in [0.717, 1.165) is 16.8 Å². The van der Waals surface area contributed by atoms with Gasteiger partial charge in [-0.25, -0.2) is 0 Å². The largest absolute Gasteiger partial charge is 0.322 e. The van der Waals surface area contributed by atoms with Crippen molar-refractivity contribution in [1.29, 1.82) is 0 Å². The highest BCUT2D eigenvalue weighted by atomic mass is 35.5. The molecule has 0 unspecified atom stereocenters. The van der Waals surface area contributed by atoms with Gasteiger partial charge in [0, 0.05) is 16.3 Å². The van der Waals surface area contributed by atoms with Crippen LogP contribution in [0.4, 0.5) is 5.69 Å². The average Bonchev–Trinajstić information content (AvgIpc) is 2.89. The number of aromatic amines is 1. The highest BCUT2D eigenvalue weighted by Gasteiger charge is 2.09. The molecule has 20 heavy (non-hydrogen) atoms. The fraction of sp³-hybridized carbons (Fsp3) is 0.0714. The summed E-state index contributed by atoms with van der Waals surface area (Å²) in [4.78, 5) is 12.2. The second kappa shape index (κ2) is 4.94. The third-order valence-corrected chi connectivity index (χ3v) is 3.25. The summed E-state index contributed by atoms with van der Waals surface area (Å²) in [5.74, 6) is -0.194. The van der Waals surface area contributed by atoms with E-state index < -0.39 is 0 Å². The Morgan fingerprint density at radius 3 is 2.75 bits per heavy atom. The van der Waals surface area contributed by atoms with Crippen LogP contribution in [0.15, 0.2) is 36.4 Å². The Bertz CT molecular complexity index is 797. The number of H-pyrrole nitrogens is 1. The van der Waals surface area contributed by atoms with Gasteiger partial charge in [0.25, 0.3) is 5.91 Å². The molecule has 1 aromatic heterocycles. The van der Waals surface area contributed by atoms with Crippen LogP contribution in [-0.2, 0) is 0 Å². The Morgan fingerprint density at radius 2 is 1.95 bits per heavy atom. The molecule has 0 aliphatic heterocycles. The second-order valence-electron chi connectivity index (χ2n) is 4.44. The van der Waals surface area contributed by atoms with Gasteiger partial charge in [-0.2, -0.15) is 15.4 Å². The van der Waals surface area contributed by atoms with Crippen molar-refractivity contribution in [2.75, 3.05) is 5.32 Å². The van der Waals surface area contributed by atoms with Crippen molar-refractivity contribution in [2.24, 2.45) is 0 Å². The molecule has 2 N–H and O–H groups in total. The number of carbonyl (C=O) groups is 1. The Balaban J connectivity index is 1.88. The first-order valence-corrected chi connectivity index (χ1v) is 6.39. The molecule has 0 bridgehead atoms. The lowest BCUT2D eigenvalue weighted by Crippen LogP contribution is -2.12.